The van der Waals surface area contributed by atoms with Crippen LogP contribution >= 0.6 is 0 Å². The van der Waals surface area contributed by atoms with Crippen molar-refractivity contribution < 1.29 is 14.3 Å². The molecule has 6 nitrogen and oxygen atoms in total. The Morgan fingerprint density at radius 2 is 1.79 bits per heavy atom. The molecule has 0 bridgehead atoms. The van der Waals surface area contributed by atoms with Crippen molar-refractivity contribution in [2.45, 2.75) is 13.8 Å². The van der Waals surface area contributed by atoms with Gasteiger partial charge < -0.3 is 14.8 Å². The smallest absolute Gasteiger partial charge is 0.248 e. The van der Waals surface area contributed by atoms with E-state index in [1.165, 1.54) is 6.08 Å². The lowest BCUT2D eigenvalue weighted by molar-refractivity contribution is -0.111. The molecule has 0 fully saturated rings. The van der Waals surface area contributed by atoms with Crippen LogP contribution in [0.5, 0.6) is 5.75 Å². The molecular weight excluding hydrogens is 366 g/mol. The summed E-state index contributed by atoms with van der Waals surface area (Å²) in [6, 6.07) is 17.2. The van der Waals surface area contributed by atoms with Crippen LogP contribution in [-0.2, 0) is 9.53 Å². The van der Waals surface area contributed by atoms with Crippen LogP contribution in [0.2, 0.25) is 0 Å². The first-order valence-corrected chi connectivity index (χ1v) is 9.41. The van der Waals surface area contributed by atoms with Gasteiger partial charge in [0.15, 0.2) is 0 Å². The molecule has 6 heteroatoms. The van der Waals surface area contributed by atoms with Gasteiger partial charge in [0, 0.05) is 30.1 Å². The topological polar surface area (TPSA) is 65.4 Å². The fourth-order valence-corrected chi connectivity index (χ4v) is 2.94. The van der Waals surface area contributed by atoms with Gasteiger partial charge in [-0.1, -0.05) is 18.2 Å². The van der Waals surface area contributed by atoms with Crippen LogP contribution in [0.1, 0.15) is 17.0 Å². The summed E-state index contributed by atoms with van der Waals surface area (Å²) >= 11 is 0. The highest BCUT2D eigenvalue weighted by molar-refractivity contribution is 6.02. The van der Waals surface area contributed by atoms with E-state index in [1.54, 1.807) is 25.3 Å². The molecule has 0 saturated heterocycles. The molecule has 3 rings (SSSR count). The third-order valence-corrected chi connectivity index (χ3v) is 4.43. The Hall–Kier alpha value is -3.38. The molecule has 1 aromatic heterocycles. The third kappa shape index (κ3) is 5.33. The second-order valence-corrected chi connectivity index (χ2v) is 6.52. The average molecular weight is 391 g/mol. The minimum absolute atomic E-state index is 0.204. The van der Waals surface area contributed by atoms with E-state index in [1.807, 2.05) is 61.0 Å². The van der Waals surface area contributed by atoms with Crippen LogP contribution in [0.15, 0.2) is 60.7 Å². The number of anilines is 1. The van der Waals surface area contributed by atoms with E-state index in [9.17, 15) is 4.79 Å². The Bertz CT molecular complexity index is 977. The molecule has 1 N–H and O–H groups in total. The number of hydrogen-bond donors (Lipinski definition) is 1. The summed E-state index contributed by atoms with van der Waals surface area (Å²) in [4.78, 5) is 12.3. The van der Waals surface area contributed by atoms with Crippen LogP contribution in [0.25, 0.3) is 11.8 Å². The molecule has 1 amide bonds. The lowest BCUT2D eigenvalue weighted by Gasteiger charge is -2.07. The van der Waals surface area contributed by atoms with Gasteiger partial charge in [0.1, 0.15) is 12.4 Å². The molecule has 0 atom stereocenters. The molecule has 0 aliphatic carbocycles. The normalized spacial score (nSPS) is 11.0. The molecule has 0 aliphatic rings. The fraction of sp³-hybridized carbons (Fsp3) is 0.217. The molecule has 0 unspecified atom stereocenters. The van der Waals surface area contributed by atoms with E-state index in [0.29, 0.717) is 18.9 Å². The molecule has 0 radical (unpaired) electrons. The van der Waals surface area contributed by atoms with Crippen molar-refractivity contribution in [2.24, 2.45) is 0 Å². The summed E-state index contributed by atoms with van der Waals surface area (Å²) in [6.07, 6.45) is 3.32. The number of rotatable bonds is 8. The van der Waals surface area contributed by atoms with Crippen molar-refractivity contribution in [1.29, 1.82) is 0 Å². The van der Waals surface area contributed by atoms with Crippen molar-refractivity contribution in [3.05, 3.63) is 77.6 Å². The third-order valence-electron chi connectivity index (χ3n) is 4.43. The van der Waals surface area contributed by atoms with Crippen LogP contribution in [0.3, 0.4) is 0 Å². The number of nitrogens with zero attached hydrogens (tertiary/aromatic N) is 2. The number of para-hydroxylation sites is 1. The summed E-state index contributed by atoms with van der Waals surface area (Å²) in [7, 11) is 1.63. The van der Waals surface area contributed by atoms with Gasteiger partial charge in [-0.25, -0.2) is 4.68 Å². The van der Waals surface area contributed by atoms with Gasteiger partial charge in [-0.3, -0.25) is 4.79 Å². The van der Waals surface area contributed by atoms with E-state index in [2.05, 4.69) is 10.4 Å². The molecule has 3 aromatic rings. The van der Waals surface area contributed by atoms with Gasteiger partial charge in [0.25, 0.3) is 0 Å². The van der Waals surface area contributed by atoms with Crippen molar-refractivity contribution >= 4 is 17.7 Å². The van der Waals surface area contributed by atoms with Gasteiger partial charge in [-0.05, 0) is 56.3 Å². The zero-order valence-electron chi connectivity index (χ0n) is 16.9. The highest BCUT2D eigenvalue weighted by Gasteiger charge is 2.10. The van der Waals surface area contributed by atoms with Gasteiger partial charge in [0.2, 0.25) is 5.91 Å². The van der Waals surface area contributed by atoms with Crippen molar-refractivity contribution in [3.8, 4) is 11.4 Å². The first-order chi connectivity index (χ1) is 14.1. The number of methoxy groups -OCH3 is 1. The van der Waals surface area contributed by atoms with Gasteiger partial charge in [-0.15, -0.1) is 0 Å². The molecular formula is C23H25N3O3. The summed E-state index contributed by atoms with van der Waals surface area (Å²) < 4.78 is 12.4. The Morgan fingerprint density at radius 1 is 1.07 bits per heavy atom. The Kier molecular flexibility index (Phi) is 6.81. The number of aryl methyl sites for hydroxylation is 1. The molecule has 0 aliphatic heterocycles. The maximum atomic E-state index is 12.3. The van der Waals surface area contributed by atoms with Crippen LogP contribution in [0, 0.1) is 13.8 Å². The first kappa shape index (κ1) is 20.4. The molecule has 1 heterocycles. The van der Waals surface area contributed by atoms with Gasteiger partial charge >= 0.3 is 0 Å². The predicted molar refractivity (Wildman–Crippen MR) is 115 cm³/mol. The minimum atomic E-state index is -0.204. The first-order valence-electron chi connectivity index (χ1n) is 9.41. The Labute approximate surface area is 170 Å². The van der Waals surface area contributed by atoms with Crippen LogP contribution < -0.4 is 10.1 Å². The molecule has 0 spiro atoms. The largest absolute Gasteiger partial charge is 0.491 e. The number of nitrogens with one attached hydrogen (secondary N) is 1. The van der Waals surface area contributed by atoms with Crippen molar-refractivity contribution in [2.75, 3.05) is 25.6 Å². The van der Waals surface area contributed by atoms with Gasteiger partial charge in [-0.2, -0.15) is 5.10 Å². The van der Waals surface area contributed by atoms with E-state index >= 15 is 0 Å². The molecule has 29 heavy (non-hydrogen) atoms. The maximum Gasteiger partial charge on any atom is 0.248 e. The molecule has 0 saturated carbocycles. The molecule has 150 valence electrons. The number of aromatic nitrogens is 2. The van der Waals surface area contributed by atoms with Crippen molar-refractivity contribution in [1.82, 2.24) is 9.78 Å². The van der Waals surface area contributed by atoms with Crippen molar-refractivity contribution in [3.63, 3.8) is 0 Å². The quantitative estimate of drug-likeness (QED) is 0.462. The highest BCUT2D eigenvalue weighted by Crippen LogP contribution is 2.19. The van der Waals surface area contributed by atoms with E-state index in [0.717, 1.165) is 28.4 Å². The lowest BCUT2D eigenvalue weighted by atomic mass is 10.2. The van der Waals surface area contributed by atoms with Crippen LogP contribution in [-0.4, -0.2) is 36.0 Å². The second kappa shape index (κ2) is 9.71. The number of hydrogen-bond acceptors (Lipinski definition) is 4. The second-order valence-electron chi connectivity index (χ2n) is 6.52. The predicted octanol–water partition coefficient (Wildman–Crippen LogP) is 4.17. The summed E-state index contributed by atoms with van der Waals surface area (Å²) in [5.41, 5.74) is 4.48. The molecule has 2 aromatic carbocycles. The van der Waals surface area contributed by atoms with E-state index in [4.69, 9.17) is 9.47 Å². The Morgan fingerprint density at radius 3 is 2.48 bits per heavy atom. The monoisotopic (exact) mass is 391 g/mol. The lowest BCUT2D eigenvalue weighted by Crippen LogP contribution is -2.08. The number of amides is 1. The summed E-state index contributed by atoms with van der Waals surface area (Å²) in [5, 5.41) is 7.44. The average Bonchev–Trinajstić information content (AvgIpc) is 3.02. The maximum absolute atomic E-state index is 12.3. The zero-order chi connectivity index (χ0) is 20.6. The van der Waals surface area contributed by atoms with E-state index in [-0.39, 0.29) is 5.91 Å². The summed E-state index contributed by atoms with van der Waals surface area (Å²) in [6.45, 7) is 4.95. The minimum Gasteiger partial charge on any atom is -0.491 e. The fourth-order valence-electron chi connectivity index (χ4n) is 2.94. The number of benzene rings is 2. The Balaban J connectivity index is 1.64. The number of carbonyl (C=O) groups is 1. The standard InChI is InChI=1S/C23H25N3O3/c1-17-22(18(2)26(25-17)20-7-5-4-6-8-20)13-14-23(27)24-19-9-11-21(12-10-19)29-16-15-28-3/h4-14H,15-16H2,1-3H3,(H,24,27). The number of ether oxygens (including phenoxy) is 2. The SMILES string of the molecule is COCCOc1ccc(NC(=O)C=Cc2c(C)nn(-c3ccccc3)c2C)cc1. The number of carbonyl (C=O) groups excluding carboxylic acids is 1. The summed E-state index contributed by atoms with van der Waals surface area (Å²) in [5.74, 6) is 0.527. The zero-order valence-corrected chi connectivity index (χ0v) is 16.9. The van der Waals surface area contributed by atoms with E-state index < -0.39 is 0 Å². The van der Waals surface area contributed by atoms with Gasteiger partial charge in [0.05, 0.1) is 18.0 Å². The van der Waals surface area contributed by atoms with Crippen LogP contribution in [0.4, 0.5) is 5.69 Å². The highest BCUT2D eigenvalue weighted by atomic mass is 16.5.